The Hall–Kier alpha value is -5.67. The molecule has 6 aromatic rings. The SMILES string of the molecule is Cc1ccc(S(=O)(=O)N[C@H](Cc2ccccc2)C(=O)NCc2ccccc2-c2ccc([C@H]3O[C@@H](CSc4ncccc4C(=O)O)[C@@H](C)[C@@H](c4ccc(CO)cc4)O3)cc2)cc1. The first-order chi connectivity index (χ1) is 29.5. The van der Waals surface area contributed by atoms with E-state index in [4.69, 9.17) is 9.47 Å². The highest BCUT2D eigenvalue weighted by Crippen LogP contribution is 2.43. The number of nitrogens with zero attached hydrogens (tertiary/aromatic N) is 1. The van der Waals surface area contributed by atoms with Crippen molar-refractivity contribution < 1.29 is 37.7 Å². The molecule has 5 aromatic carbocycles. The summed E-state index contributed by atoms with van der Waals surface area (Å²) in [6.07, 6.45) is 0.278. The van der Waals surface area contributed by atoms with Gasteiger partial charge in [0.2, 0.25) is 15.9 Å². The van der Waals surface area contributed by atoms with Crippen LogP contribution in [0.1, 0.15) is 63.1 Å². The van der Waals surface area contributed by atoms with Crippen molar-refractivity contribution in [2.45, 2.75) is 67.9 Å². The monoisotopic (exact) mass is 857 g/mol. The number of hydrogen-bond acceptors (Lipinski definition) is 9. The van der Waals surface area contributed by atoms with Crippen LogP contribution in [-0.4, -0.2) is 53.4 Å². The highest BCUT2D eigenvalue weighted by atomic mass is 32.2. The van der Waals surface area contributed by atoms with Gasteiger partial charge >= 0.3 is 5.97 Å². The molecule has 7 rings (SSSR count). The van der Waals surface area contributed by atoms with Gasteiger partial charge in [-0.1, -0.05) is 128 Å². The molecule has 1 aliphatic heterocycles. The molecule has 4 N–H and O–H groups in total. The lowest BCUT2D eigenvalue weighted by Crippen LogP contribution is -2.47. The Morgan fingerprint density at radius 3 is 2.20 bits per heavy atom. The lowest BCUT2D eigenvalue weighted by atomic mass is 9.91. The van der Waals surface area contributed by atoms with Crippen molar-refractivity contribution >= 4 is 33.7 Å². The molecule has 0 bridgehead atoms. The molecule has 0 unspecified atom stereocenters. The number of aryl methyl sites for hydroxylation is 1. The molecule has 13 heteroatoms. The Kier molecular flexibility index (Phi) is 14.1. The third kappa shape index (κ3) is 10.8. The van der Waals surface area contributed by atoms with Gasteiger partial charge in [-0.2, -0.15) is 4.72 Å². The number of thioether (sulfide) groups is 1. The third-order valence-electron chi connectivity index (χ3n) is 10.7. The minimum absolute atomic E-state index is 0.0744. The van der Waals surface area contributed by atoms with E-state index in [-0.39, 0.29) is 48.2 Å². The number of ether oxygens (including phenoxy) is 2. The maximum Gasteiger partial charge on any atom is 0.338 e. The van der Waals surface area contributed by atoms with Crippen LogP contribution in [-0.2, 0) is 43.9 Å². The molecule has 1 saturated heterocycles. The Balaban J connectivity index is 1.09. The van der Waals surface area contributed by atoms with Crippen molar-refractivity contribution in [1.29, 1.82) is 0 Å². The van der Waals surface area contributed by atoms with Gasteiger partial charge in [-0.3, -0.25) is 4.79 Å². The smallest absolute Gasteiger partial charge is 0.338 e. The van der Waals surface area contributed by atoms with Crippen LogP contribution < -0.4 is 10.0 Å². The summed E-state index contributed by atoms with van der Waals surface area (Å²) in [4.78, 5) is 30.1. The molecule has 1 fully saturated rings. The van der Waals surface area contributed by atoms with E-state index in [1.165, 1.54) is 30.0 Å². The fourth-order valence-corrected chi connectivity index (χ4v) is 9.58. The van der Waals surface area contributed by atoms with Crippen LogP contribution >= 0.6 is 11.8 Å². The number of aliphatic hydroxyl groups is 1. The van der Waals surface area contributed by atoms with Crippen LogP contribution in [0.4, 0.5) is 0 Å². The van der Waals surface area contributed by atoms with Gasteiger partial charge in [0, 0.05) is 30.0 Å². The van der Waals surface area contributed by atoms with Gasteiger partial charge < -0.3 is 25.0 Å². The van der Waals surface area contributed by atoms with Gasteiger partial charge in [0.1, 0.15) is 11.1 Å². The molecule has 0 aliphatic carbocycles. The highest BCUT2D eigenvalue weighted by Gasteiger charge is 2.38. The molecule has 1 aromatic heterocycles. The molecule has 11 nitrogen and oxygen atoms in total. The zero-order valence-electron chi connectivity index (χ0n) is 33.7. The zero-order chi connectivity index (χ0) is 42.9. The minimum Gasteiger partial charge on any atom is -0.478 e. The normalized spacial score (nSPS) is 18.3. The minimum atomic E-state index is -4.00. The van der Waals surface area contributed by atoms with Gasteiger partial charge in [0.05, 0.1) is 29.3 Å². The van der Waals surface area contributed by atoms with E-state index in [1.807, 2.05) is 117 Å². The number of benzene rings is 5. The second kappa shape index (κ2) is 19.8. The number of carboxylic acids is 1. The number of carbonyl (C=O) groups is 2. The van der Waals surface area contributed by atoms with E-state index in [2.05, 4.69) is 15.0 Å². The maximum atomic E-state index is 13.8. The molecule has 5 atom stereocenters. The predicted molar refractivity (Wildman–Crippen MR) is 234 cm³/mol. The molecule has 0 radical (unpaired) electrons. The zero-order valence-corrected chi connectivity index (χ0v) is 35.3. The topological polar surface area (TPSA) is 164 Å². The van der Waals surface area contributed by atoms with E-state index in [1.54, 1.807) is 24.4 Å². The Labute approximate surface area is 360 Å². The van der Waals surface area contributed by atoms with Gasteiger partial charge in [-0.05, 0) is 71.0 Å². The average Bonchev–Trinajstić information content (AvgIpc) is 3.28. The lowest BCUT2D eigenvalue weighted by Gasteiger charge is -2.41. The van der Waals surface area contributed by atoms with E-state index in [0.29, 0.717) is 10.8 Å². The van der Waals surface area contributed by atoms with Crippen LogP contribution in [0.5, 0.6) is 0 Å². The van der Waals surface area contributed by atoms with Crippen LogP contribution in [0.25, 0.3) is 11.1 Å². The number of amides is 1. The first-order valence-corrected chi connectivity index (χ1v) is 22.4. The summed E-state index contributed by atoms with van der Waals surface area (Å²) < 4.78 is 42.8. The fourth-order valence-electron chi connectivity index (χ4n) is 7.23. The van der Waals surface area contributed by atoms with E-state index < -0.39 is 34.2 Å². The number of aliphatic hydroxyl groups excluding tert-OH is 1. The number of carboxylic acid groups (broad SMARTS) is 1. The van der Waals surface area contributed by atoms with E-state index >= 15 is 0 Å². The van der Waals surface area contributed by atoms with E-state index in [0.717, 1.165) is 44.5 Å². The third-order valence-corrected chi connectivity index (χ3v) is 13.3. The van der Waals surface area contributed by atoms with Crippen molar-refractivity contribution in [3.8, 4) is 11.1 Å². The number of carbonyl (C=O) groups excluding carboxylic acids is 1. The predicted octanol–water partition coefficient (Wildman–Crippen LogP) is 8.04. The van der Waals surface area contributed by atoms with Crippen LogP contribution in [0.15, 0.2) is 156 Å². The molecule has 314 valence electrons. The second-order valence-electron chi connectivity index (χ2n) is 15.0. The number of aromatic carboxylic acids is 1. The van der Waals surface area contributed by atoms with Crippen molar-refractivity contribution in [2.24, 2.45) is 5.92 Å². The average molecular weight is 858 g/mol. The Morgan fingerprint density at radius 2 is 1.49 bits per heavy atom. The van der Waals surface area contributed by atoms with Crippen LogP contribution in [0.2, 0.25) is 0 Å². The van der Waals surface area contributed by atoms with Gasteiger partial charge in [0.25, 0.3) is 0 Å². The van der Waals surface area contributed by atoms with Gasteiger partial charge in [-0.15, -0.1) is 11.8 Å². The maximum absolute atomic E-state index is 13.8. The van der Waals surface area contributed by atoms with Crippen LogP contribution in [0, 0.1) is 12.8 Å². The molecule has 1 aliphatic rings. The summed E-state index contributed by atoms with van der Waals surface area (Å²) in [5, 5.41) is 22.8. The molecule has 1 amide bonds. The summed E-state index contributed by atoms with van der Waals surface area (Å²) in [6.45, 7) is 4.00. The number of hydrogen-bond donors (Lipinski definition) is 4. The molecule has 0 spiro atoms. The first-order valence-electron chi connectivity index (χ1n) is 19.9. The molecule has 2 heterocycles. The van der Waals surface area contributed by atoms with Crippen LogP contribution in [0.3, 0.4) is 0 Å². The number of rotatable bonds is 16. The Morgan fingerprint density at radius 1 is 0.803 bits per heavy atom. The lowest BCUT2D eigenvalue weighted by molar-refractivity contribution is -0.268. The largest absolute Gasteiger partial charge is 0.478 e. The summed E-state index contributed by atoms with van der Waals surface area (Å²) in [5.41, 5.74) is 6.96. The number of sulfonamides is 1. The number of aromatic nitrogens is 1. The first kappa shape index (κ1) is 43.4. The van der Waals surface area contributed by atoms with Crippen molar-refractivity contribution in [1.82, 2.24) is 15.0 Å². The highest BCUT2D eigenvalue weighted by molar-refractivity contribution is 7.99. The quantitative estimate of drug-likeness (QED) is 0.0701. The standard InChI is InChI=1S/C48H47N3O8S2/c1-31-14-24-39(25-15-31)61(56,57)51-42(27-33-9-4-3-5-10-33)45(53)50-28-38-11-6-7-12-40(38)35-20-22-37(23-21-35)48-58-43(30-60-46-41(47(54)55)13-8-26-49-46)32(2)44(59-48)36-18-16-34(29-52)17-19-36/h3-26,32,42-44,48,51-52H,27-30H2,1-2H3,(H,50,53)(H,54,55)/t32-,42-,43+,44+,48+/m1/s1. The Bertz CT molecular complexity index is 2540. The summed E-state index contributed by atoms with van der Waals surface area (Å²) in [5.74, 6) is -1.19. The molecular formula is C48H47N3O8S2. The summed E-state index contributed by atoms with van der Waals surface area (Å²) in [6, 6.07) is 41.0. The van der Waals surface area contributed by atoms with Gasteiger partial charge in [-0.25, -0.2) is 18.2 Å². The summed E-state index contributed by atoms with van der Waals surface area (Å²) in [7, 11) is -4.00. The summed E-state index contributed by atoms with van der Waals surface area (Å²) >= 11 is 1.33. The van der Waals surface area contributed by atoms with Crippen molar-refractivity contribution in [2.75, 3.05) is 5.75 Å². The van der Waals surface area contributed by atoms with Crippen molar-refractivity contribution in [3.63, 3.8) is 0 Å². The second-order valence-corrected chi connectivity index (χ2v) is 17.7. The number of pyridine rings is 1. The fraction of sp³-hybridized carbons (Fsp3) is 0.229. The van der Waals surface area contributed by atoms with E-state index in [9.17, 15) is 28.2 Å². The van der Waals surface area contributed by atoms with Gasteiger partial charge in [0.15, 0.2) is 6.29 Å². The molecular weight excluding hydrogens is 811 g/mol. The number of nitrogens with one attached hydrogen (secondary N) is 2. The molecule has 61 heavy (non-hydrogen) atoms. The molecule has 0 saturated carbocycles. The van der Waals surface area contributed by atoms with Crippen molar-refractivity contribution in [3.05, 3.63) is 185 Å².